The Balaban J connectivity index is 1.41. The van der Waals surface area contributed by atoms with Crippen LogP contribution >= 0.6 is 45.8 Å². The van der Waals surface area contributed by atoms with Crippen LogP contribution in [0.3, 0.4) is 0 Å². The summed E-state index contributed by atoms with van der Waals surface area (Å²) in [6, 6.07) is 6.42. The minimum absolute atomic E-state index is 0.0452. The number of anilines is 1. The molecule has 0 bridgehead atoms. The van der Waals surface area contributed by atoms with Gasteiger partial charge in [0.2, 0.25) is 11.0 Å². The molecule has 0 radical (unpaired) electrons. The van der Waals surface area contributed by atoms with Crippen LogP contribution in [0, 0.1) is 0 Å². The number of hydrogen-bond donors (Lipinski definition) is 1. The number of carbonyl (C=O) groups is 1. The Labute approximate surface area is 181 Å². The molecule has 3 aromatic heterocycles. The Morgan fingerprint density at radius 3 is 3.07 bits per heavy atom. The summed E-state index contributed by atoms with van der Waals surface area (Å²) < 4.78 is 0.841. The molecule has 9 heteroatoms. The molecule has 4 heterocycles. The van der Waals surface area contributed by atoms with Crippen molar-refractivity contribution in [2.24, 2.45) is 0 Å². The van der Waals surface area contributed by atoms with E-state index >= 15 is 0 Å². The fraction of sp³-hybridized carbons (Fsp3) is 0.421. The van der Waals surface area contributed by atoms with E-state index in [9.17, 15) is 4.79 Å². The van der Waals surface area contributed by atoms with E-state index in [1.165, 1.54) is 38.4 Å². The van der Waals surface area contributed by atoms with E-state index in [1.807, 2.05) is 4.90 Å². The molecule has 0 unspecified atom stereocenters. The summed E-state index contributed by atoms with van der Waals surface area (Å²) >= 11 is 6.53. The van der Waals surface area contributed by atoms with Crippen molar-refractivity contribution in [2.45, 2.75) is 36.6 Å². The normalized spacial score (nSPS) is 16.2. The number of unbranched alkanes of at least 4 members (excludes halogenated alkanes) is 1. The fourth-order valence-corrected chi connectivity index (χ4v) is 6.68. The first-order valence-corrected chi connectivity index (χ1v) is 12.9. The van der Waals surface area contributed by atoms with Gasteiger partial charge >= 0.3 is 0 Å². The molecule has 0 saturated carbocycles. The van der Waals surface area contributed by atoms with Crippen LogP contribution in [-0.4, -0.2) is 39.8 Å². The molecular formula is C19H22N4OS4. The highest BCUT2D eigenvalue weighted by molar-refractivity contribution is 8.01. The molecule has 1 aliphatic heterocycles. The Morgan fingerprint density at radius 1 is 1.32 bits per heavy atom. The fourth-order valence-electron chi connectivity index (χ4n) is 3.26. The van der Waals surface area contributed by atoms with Crippen molar-refractivity contribution < 1.29 is 4.79 Å². The van der Waals surface area contributed by atoms with E-state index in [4.69, 9.17) is 0 Å². The number of hydrogen-bond acceptors (Lipinski definition) is 8. The summed E-state index contributed by atoms with van der Waals surface area (Å²) in [7, 11) is 0. The van der Waals surface area contributed by atoms with Crippen molar-refractivity contribution in [3.8, 4) is 0 Å². The van der Waals surface area contributed by atoms with E-state index in [-0.39, 0.29) is 11.9 Å². The topological polar surface area (TPSA) is 58.1 Å². The van der Waals surface area contributed by atoms with Gasteiger partial charge < -0.3 is 10.2 Å². The summed E-state index contributed by atoms with van der Waals surface area (Å²) in [6.07, 6.45) is 3.20. The number of carbonyl (C=O) groups excluding carboxylic acids is 1. The van der Waals surface area contributed by atoms with Crippen LogP contribution < -0.4 is 5.32 Å². The Bertz CT molecular complexity index is 905. The lowest BCUT2D eigenvalue weighted by atomic mass is 9.98. The van der Waals surface area contributed by atoms with Gasteiger partial charge in [0, 0.05) is 22.8 Å². The summed E-state index contributed by atoms with van der Waals surface area (Å²) in [5.74, 6) is 0.557. The highest BCUT2D eigenvalue weighted by atomic mass is 32.2. The summed E-state index contributed by atoms with van der Waals surface area (Å²) in [4.78, 5) is 17.8. The molecule has 0 fully saturated rings. The smallest absolute Gasteiger partial charge is 0.233 e. The first-order chi connectivity index (χ1) is 13.8. The largest absolute Gasteiger partial charge is 0.360 e. The highest BCUT2D eigenvalue weighted by Gasteiger charge is 2.33. The third-order valence-corrected chi connectivity index (χ3v) is 8.55. The van der Waals surface area contributed by atoms with Crippen molar-refractivity contribution in [1.82, 2.24) is 15.1 Å². The molecule has 3 aromatic rings. The number of thioether (sulfide) groups is 1. The number of rotatable bonds is 8. The van der Waals surface area contributed by atoms with Crippen molar-refractivity contribution in [3.63, 3.8) is 0 Å². The number of nitrogens with zero attached hydrogens (tertiary/aromatic N) is 3. The highest BCUT2D eigenvalue weighted by Crippen LogP contribution is 2.40. The van der Waals surface area contributed by atoms with Crippen LogP contribution in [0.15, 0.2) is 33.3 Å². The number of fused-ring (bicyclic) bond motifs is 1. The van der Waals surface area contributed by atoms with Gasteiger partial charge in [-0.25, -0.2) is 0 Å². The minimum atomic E-state index is 0.0452. The average Bonchev–Trinajstić information content (AvgIpc) is 3.46. The maximum absolute atomic E-state index is 13.1. The maximum Gasteiger partial charge on any atom is 0.233 e. The molecular weight excluding hydrogens is 429 g/mol. The Morgan fingerprint density at radius 2 is 2.25 bits per heavy atom. The predicted octanol–water partition coefficient (Wildman–Crippen LogP) is 5.14. The van der Waals surface area contributed by atoms with E-state index < -0.39 is 0 Å². The zero-order valence-electron chi connectivity index (χ0n) is 15.6. The van der Waals surface area contributed by atoms with Crippen molar-refractivity contribution in [2.75, 3.05) is 24.2 Å². The van der Waals surface area contributed by atoms with Gasteiger partial charge in [0.05, 0.1) is 11.8 Å². The number of amides is 1. The van der Waals surface area contributed by atoms with Gasteiger partial charge in [0.1, 0.15) is 0 Å². The SMILES string of the molecule is CCCCNc1nnc(SCC(=O)N2CCc3sccc3[C@@H]2c2cccs2)s1. The van der Waals surface area contributed by atoms with Crippen LogP contribution in [0.25, 0.3) is 0 Å². The van der Waals surface area contributed by atoms with Gasteiger partial charge in [-0.15, -0.1) is 32.9 Å². The van der Waals surface area contributed by atoms with Crippen molar-refractivity contribution in [3.05, 3.63) is 44.3 Å². The van der Waals surface area contributed by atoms with Crippen LogP contribution in [0.5, 0.6) is 0 Å². The van der Waals surface area contributed by atoms with Gasteiger partial charge in [-0.3, -0.25) is 4.79 Å². The molecule has 1 aliphatic rings. The third kappa shape index (κ3) is 4.42. The van der Waals surface area contributed by atoms with E-state index in [0.717, 1.165) is 41.8 Å². The minimum Gasteiger partial charge on any atom is -0.360 e. The summed E-state index contributed by atoms with van der Waals surface area (Å²) in [6.45, 7) is 3.85. The third-order valence-electron chi connectivity index (χ3n) is 4.63. The lowest BCUT2D eigenvalue weighted by Gasteiger charge is -2.35. The van der Waals surface area contributed by atoms with Gasteiger partial charge in [0.15, 0.2) is 4.34 Å². The molecule has 1 amide bonds. The van der Waals surface area contributed by atoms with E-state index in [1.54, 1.807) is 22.7 Å². The number of thiophene rings is 2. The first-order valence-electron chi connectivity index (χ1n) is 9.35. The lowest BCUT2D eigenvalue weighted by molar-refractivity contribution is -0.130. The molecule has 148 valence electrons. The second kappa shape index (κ2) is 9.39. The molecule has 28 heavy (non-hydrogen) atoms. The van der Waals surface area contributed by atoms with Gasteiger partial charge in [-0.1, -0.05) is 42.5 Å². The summed E-state index contributed by atoms with van der Waals surface area (Å²) in [5, 5.41) is 16.7. The zero-order chi connectivity index (χ0) is 19.3. The van der Waals surface area contributed by atoms with Crippen LogP contribution in [-0.2, 0) is 11.2 Å². The number of aromatic nitrogens is 2. The second-order valence-corrected chi connectivity index (χ2v) is 10.7. The monoisotopic (exact) mass is 450 g/mol. The van der Waals surface area contributed by atoms with E-state index in [0.29, 0.717) is 5.75 Å². The molecule has 0 aromatic carbocycles. The van der Waals surface area contributed by atoms with Crippen LogP contribution in [0.4, 0.5) is 5.13 Å². The Hall–Kier alpha value is -1.42. The van der Waals surface area contributed by atoms with Gasteiger partial charge in [0.25, 0.3) is 0 Å². The second-order valence-electron chi connectivity index (χ2n) is 6.50. The first kappa shape index (κ1) is 19.9. The van der Waals surface area contributed by atoms with Crippen molar-refractivity contribution in [1.29, 1.82) is 0 Å². The molecule has 4 rings (SSSR count). The average molecular weight is 451 g/mol. The summed E-state index contributed by atoms with van der Waals surface area (Å²) in [5.41, 5.74) is 1.29. The van der Waals surface area contributed by atoms with Gasteiger partial charge in [-0.05, 0) is 41.3 Å². The molecule has 1 N–H and O–H groups in total. The molecule has 0 spiro atoms. The Kier molecular flexibility index (Phi) is 6.66. The molecule has 1 atom stereocenters. The number of nitrogens with one attached hydrogen (secondary N) is 1. The van der Waals surface area contributed by atoms with Crippen LogP contribution in [0.2, 0.25) is 0 Å². The maximum atomic E-state index is 13.1. The van der Waals surface area contributed by atoms with Gasteiger partial charge in [-0.2, -0.15) is 0 Å². The zero-order valence-corrected chi connectivity index (χ0v) is 18.9. The standard InChI is InChI=1S/C19H22N4OS4/c1-2-3-8-20-18-21-22-19(28-18)27-12-16(24)23-9-6-14-13(7-11-26-14)17(23)15-5-4-10-25-15/h4-5,7,10-11,17H,2-3,6,8-9,12H2,1H3,(H,20,21)/t17-/m1/s1. The molecule has 0 saturated heterocycles. The van der Waals surface area contributed by atoms with E-state index in [2.05, 4.69) is 51.4 Å². The van der Waals surface area contributed by atoms with Crippen molar-refractivity contribution >= 4 is 56.8 Å². The quantitative estimate of drug-likeness (QED) is 0.380. The lowest BCUT2D eigenvalue weighted by Crippen LogP contribution is -2.40. The molecule has 5 nitrogen and oxygen atoms in total. The predicted molar refractivity (Wildman–Crippen MR) is 120 cm³/mol. The molecule has 0 aliphatic carbocycles. The van der Waals surface area contributed by atoms with Crippen LogP contribution in [0.1, 0.15) is 41.1 Å².